The Morgan fingerprint density at radius 2 is 2.00 bits per heavy atom. The van der Waals surface area contributed by atoms with E-state index in [1.807, 2.05) is 0 Å². The van der Waals surface area contributed by atoms with Crippen molar-refractivity contribution in [3.05, 3.63) is 11.6 Å². The molecule has 5 heteroatoms. The first-order valence-corrected chi connectivity index (χ1v) is 5.00. The second-order valence-electron chi connectivity index (χ2n) is 2.93. The van der Waals surface area contributed by atoms with E-state index in [0.29, 0.717) is 0 Å². The molecule has 0 radical (unpaired) electrons. The third-order valence-electron chi connectivity index (χ3n) is 1.75. The Morgan fingerprint density at radius 3 is 2.47 bits per heavy atom. The van der Waals surface area contributed by atoms with E-state index in [9.17, 15) is 14.4 Å². The average Bonchev–Trinajstić information content (AvgIpc) is 2.32. The van der Waals surface area contributed by atoms with Crippen molar-refractivity contribution in [1.29, 1.82) is 0 Å². The Hall–Kier alpha value is -2.09. The lowest BCUT2D eigenvalue weighted by Gasteiger charge is -2.03. The largest absolute Gasteiger partial charge is 0.465 e. The predicted molar refractivity (Wildman–Crippen MR) is 59.8 cm³/mol. The van der Waals surface area contributed by atoms with Crippen LogP contribution < -0.4 is 0 Å². The standard InChI is InChI=1S/C12H14O5/c1-4-6-7-10(13)9(12(15)16-3)8-11(14)17-5-2/h1,8H,5-7H2,2-3H3/b9-8+. The van der Waals surface area contributed by atoms with Crippen LogP contribution in [-0.2, 0) is 23.9 Å². The molecule has 0 saturated carbocycles. The number of esters is 2. The highest BCUT2D eigenvalue weighted by molar-refractivity contribution is 6.19. The first kappa shape index (κ1) is 14.9. The monoisotopic (exact) mass is 238 g/mol. The van der Waals surface area contributed by atoms with Crippen molar-refractivity contribution in [2.24, 2.45) is 0 Å². The highest BCUT2D eigenvalue weighted by Crippen LogP contribution is 2.05. The number of rotatable bonds is 6. The van der Waals surface area contributed by atoms with Crippen LogP contribution in [0.25, 0.3) is 0 Å². The molecule has 0 amide bonds. The molecule has 17 heavy (non-hydrogen) atoms. The maximum Gasteiger partial charge on any atom is 0.341 e. The fourth-order valence-corrected chi connectivity index (χ4v) is 0.985. The lowest BCUT2D eigenvalue weighted by molar-refractivity contribution is -0.141. The van der Waals surface area contributed by atoms with E-state index in [2.05, 4.69) is 15.4 Å². The average molecular weight is 238 g/mol. The van der Waals surface area contributed by atoms with Crippen LogP contribution in [0.3, 0.4) is 0 Å². The molecule has 0 aromatic rings. The third-order valence-corrected chi connectivity index (χ3v) is 1.75. The first-order valence-electron chi connectivity index (χ1n) is 5.00. The summed E-state index contributed by atoms with van der Waals surface area (Å²) in [6.45, 7) is 1.77. The second kappa shape index (κ2) is 8.11. The van der Waals surface area contributed by atoms with Gasteiger partial charge >= 0.3 is 11.9 Å². The zero-order valence-corrected chi connectivity index (χ0v) is 9.82. The van der Waals surface area contributed by atoms with Crippen LogP contribution in [0.5, 0.6) is 0 Å². The van der Waals surface area contributed by atoms with Crippen molar-refractivity contribution in [1.82, 2.24) is 0 Å². The number of terminal acetylenes is 1. The van der Waals surface area contributed by atoms with Gasteiger partial charge in [-0.1, -0.05) is 0 Å². The van der Waals surface area contributed by atoms with E-state index in [0.717, 1.165) is 13.2 Å². The van der Waals surface area contributed by atoms with Gasteiger partial charge in [-0.2, -0.15) is 0 Å². The number of methoxy groups -OCH3 is 1. The Bertz CT molecular complexity index is 373. The molecule has 0 bridgehead atoms. The molecule has 0 spiro atoms. The first-order chi connectivity index (χ1) is 8.06. The maximum absolute atomic E-state index is 11.6. The molecule has 0 aliphatic heterocycles. The normalized spacial score (nSPS) is 10.3. The van der Waals surface area contributed by atoms with Crippen LogP contribution in [0, 0.1) is 12.3 Å². The second-order valence-corrected chi connectivity index (χ2v) is 2.93. The highest BCUT2D eigenvalue weighted by Gasteiger charge is 2.20. The van der Waals surface area contributed by atoms with E-state index in [1.54, 1.807) is 6.92 Å². The van der Waals surface area contributed by atoms with Crippen LogP contribution in [0.4, 0.5) is 0 Å². The van der Waals surface area contributed by atoms with Gasteiger partial charge in [-0.05, 0) is 6.92 Å². The van der Waals surface area contributed by atoms with Crippen molar-refractivity contribution in [3.8, 4) is 12.3 Å². The molecule has 5 nitrogen and oxygen atoms in total. The number of carbonyl (C=O) groups is 3. The van der Waals surface area contributed by atoms with Gasteiger partial charge in [-0.15, -0.1) is 12.3 Å². The quantitative estimate of drug-likeness (QED) is 0.223. The van der Waals surface area contributed by atoms with Gasteiger partial charge in [0, 0.05) is 18.9 Å². The SMILES string of the molecule is C#CCCC(=O)/C(=C\C(=O)OCC)C(=O)OC. The smallest absolute Gasteiger partial charge is 0.341 e. The molecule has 0 atom stereocenters. The fourth-order valence-electron chi connectivity index (χ4n) is 0.985. The predicted octanol–water partition coefficient (Wildman–Crippen LogP) is 0.631. The van der Waals surface area contributed by atoms with Gasteiger partial charge in [-0.25, -0.2) is 9.59 Å². The van der Waals surface area contributed by atoms with Gasteiger partial charge < -0.3 is 9.47 Å². The van der Waals surface area contributed by atoms with Crippen LogP contribution >= 0.6 is 0 Å². The zero-order chi connectivity index (χ0) is 13.3. The topological polar surface area (TPSA) is 69.7 Å². The highest BCUT2D eigenvalue weighted by atomic mass is 16.5. The Kier molecular flexibility index (Phi) is 7.11. The number of ketones is 1. The van der Waals surface area contributed by atoms with Crippen molar-refractivity contribution in [2.45, 2.75) is 19.8 Å². The molecule has 0 aliphatic carbocycles. The molecule has 0 rings (SSSR count). The molecular weight excluding hydrogens is 224 g/mol. The summed E-state index contributed by atoms with van der Waals surface area (Å²) >= 11 is 0. The van der Waals surface area contributed by atoms with Gasteiger partial charge in [-0.3, -0.25) is 4.79 Å². The summed E-state index contributed by atoms with van der Waals surface area (Å²) < 4.78 is 9.01. The van der Waals surface area contributed by atoms with Crippen molar-refractivity contribution in [3.63, 3.8) is 0 Å². The number of hydrogen-bond donors (Lipinski definition) is 0. The third kappa shape index (κ3) is 5.52. The summed E-state index contributed by atoms with van der Waals surface area (Å²) in [5.74, 6) is 0.0965. The van der Waals surface area contributed by atoms with E-state index in [4.69, 9.17) is 6.42 Å². The van der Waals surface area contributed by atoms with Gasteiger partial charge in [0.2, 0.25) is 0 Å². The van der Waals surface area contributed by atoms with Crippen LogP contribution in [0.1, 0.15) is 19.8 Å². The summed E-state index contributed by atoms with van der Waals surface area (Å²) in [7, 11) is 1.12. The van der Waals surface area contributed by atoms with Crippen LogP contribution in [0.2, 0.25) is 0 Å². The zero-order valence-electron chi connectivity index (χ0n) is 9.82. The molecule has 0 aliphatic rings. The summed E-state index contributed by atoms with van der Waals surface area (Å²) in [5.41, 5.74) is -0.346. The van der Waals surface area contributed by atoms with E-state index in [1.165, 1.54) is 0 Å². The number of hydrogen-bond acceptors (Lipinski definition) is 5. The number of ether oxygens (including phenoxy) is 2. The maximum atomic E-state index is 11.6. The lowest BCUT2D eigenvalue weighted by atomic mass is 10.1. The molecule has 0 unspecified atom stereocenters. The van der Waals surface area contributed by atoms with Gasteiger partial charge in [0.25, 0.3) is 0 Å². The van der Waals surface area contributed by atoms with Crippen LogP contribution in [0.15, 0.2) is 11.6 Å². The van der Waals surface area contributed by atoms with E-state index >= 15 is 0 Å². The summed E-state index contributed by atoms with van der Waals surface area (Å²) in [5, 5.41) is 0. The summed E-state index contributed by atoms with van der Waals surface area (Å²) in [4.78, 5) is 34.0. The minimum absolute atomic E-state index is 0.0170. The lowest BCUT2D eigenvalue weighted by Crippen LogP contribution is -2.16. The molecule has 0 aromatic heterocycles. The van der Waals surface area contributed by atoms with Crippen molar-refractivity contribution < 1.29 is 23.9 Å². The molecule has 0 saturated heterocycles. The summed E-state index contributed by atoms with van der Waals surface area (Å²) in [6, 6.07) is 0. The van der Waals surface area contributed by atoms with Gasteiger partial charge in [0.1, 0.15) is 5.57 Å². The van der Waals surface area contributed by atoms with Crippen molar-refractivity contribution in [2.75, 3.05) is 13.7 Å². The van der Waals surface area contributed by atoms with Gasteiger partial charge in [0.05, 0.1) is 13.7 Å². The fraction of sp³-hybridized carbons (Fsp3) is 0.417. The molecule has 0 aromatic carbocycles. The molecule has 0 N–H and O–H groups in total. The van der Waals surface area contributed by atoms with Crippen molar-refractivity contribution >= 4 is 17.7 Å². The van der Waals surface area contributed by atoms with E-state index < -0.39 is 17.7 Å². The number of Topliss-reactive ketones (excluding diaryl/α,β-unsaturated/α-hetero) is 1. The Balaban J connectivity index is 4.88. The minimum atomic E-state index is -0.875. The van der Waals surface area contributed by atoms with E-state index in [-0.39, 0.29) is 25.0 Å². The Labute approximate surface area is 99.8 Å². The number of carbonyl (C=O) groups excluding carboxylic acids is 3. The van der Waals surface area contributed by atoms with Crippen LogP contribution in [-0.4, -0.2) is 31.4 Å². The molecule has 0 fully saturated rings. The Morgan fingerprint density at radius 1 is 1.35 bits per heavy atom. The van der Waals surface area contributed by atoms with Gasteiger partial charge in [0.15, 0.2) is 5.78 Å². The minimum Gasteiger partial charge on any atom is -0.465 e. The molecule has 92 valence electrons. The molecular formula is C12H14O5. The molecule has 0 heterocycles. The summed E-state index contributed by atoms with van der Waals surface area (Å²) in [6.07, 6.45) is 6.01.